The van der Waals surface area contributed by atoms with E-state index >= 15 is 0 Å². The second kappa shape index (κ2) is 5.72. The summed E-state index contributed by atoms with van der Waals surface area (Å²) in [4.78, 5) is 16.5. The van der Waals surface area contributed by atoms with Crippen LogP contribution in [0.2, 0.25) is 0 Å². The molecule has 2 fully saturated rings. The summed E-state index contributed by atoms with van der Waals surface area (Å²) in [5.41, 5.74) is 2.38. The number of anilines is 1. The van der Waals surface area contributed by atoms with Gasteiger partial charge >= 0.3 is 0 Å². The molecule has 5 heteroatoms. The maximum atomic E-state index is 12.0. The number of hydrogen-bond acceptors (Lipinski definition) is 4. The standard InChI is InChI=1S/C17H20N2O3/c20-16(8-6-13-2-1-9-21-13)18-12-5-7-14-15(10-12)22-17(19-14)11-3-4-11/h5,7,10-11,13H,1-4,6,8-9H2,(H,18,20)/t13-/m1/s1. The molecule has 1 saturated heterocycles. The van der Waals surface area contributed by atoms with Crippen molar-refractivity contribution in [3.63, 3.8) is 0 Å². The molecule has 0 radical (unpaired) electrons. The van der Waals surface area contributed by atoms with E-state index in [-0.39, 0.29) is 12.0 Å². The first-order valence-corrected chi connectivity index (χ1v) is 8.10. The van der Waals surface area contributed by atoms with Crippen LogP contribution in [0.15, 0.2) is 22.6 Å². The number of ether oxygens (including phenoxy) is 1. The third kappa shape index (κ3) is 2.99. The zero-order valence-corrected chi connectivity index (χ0v) is 12.5. The van der Waals surface area contributed by atoms with Gasteiger partial charge in [-0.15, -0.1) is 0 Å². The highest BCUT2D eigenvalue weighted by molar-refractivity contribution is 5.92. The molecule has 4 rings (SSSR count). The fourth-order valence-corrected chi connectivity index (χ4v) is 2.91. The first kappa shape index (κ1) is 13.8. The van der Waals surface area contributed by atoms with Crippen LogP contribution in [0.1, 0.15) is 50.3 Å². The van der Waals surface area contributed by atoms with Crippen LogP contribution in [0, 0.1) is 0 Å². The molecule has 1 amide bonds. The second-order valence-corrected chi connectivity index (χ2v) is 6.23. The average molecular weight is 300 g/mol. The number of hydrogen-bond donors (Lipinski definition) is 1. The molecule has 0 spiro atoms. The number of fused-ring (bicyclic) bond motifs is 1. The van der Waals surface area contributed by atoms with Crippen molar-refractivity contribution in [1.29, 1.82) is 0 Å². The number of nitrogens with one attached hydrogen (secondary N) is 1. The van der Waals surface area contributed by atoms with E-state index in [1.165, 1.54) is 12.8 Å². The van der Waals surface area contributed by atoms with Crippen LogP contribution in [-0.2, 0) is 9.53 Å². The maximum absolute atomic E-state index is 12.0. The van der Waals surface area contributed by atoms with Gasteiger partial charge in [0.1, 0.15) is 5.52 Å². The number of carbonyl (C=O) groups is 1. The van der Waals surface area contributed by atoms with Crippen LogP contribution < -0.4 is 5.32 Å². The van der Waals surface area contributed by atoms with Crippen molar-refractivity contribution >= 4 is 22.7 Å². The summed E-state index contributed by atoms with van der Waals surface area (Å²) in [6, 6.07) is 5.64. The fourth-order valence-electron chi connectivity index (χ4n) is 2.91. The minimum atomic E-state index is 0.0248. The molecule has 2 heterocycles. The number of amides is 1. The Bertz CT molecular complexity index is 684. The van der Waals surface area contributed by atoms with Crippen LogP contribution in [0.3, 0.4) is 0 Å². The Labute approximate surface area is 129 Å². The largest absolute Gasteiger partial charge is 0.440 e. The Morgan fingerprint density at radius 2 is 2.23 bits per heavy atom. The molecular weight excluding hydrogens is 280 g/mol. The zero-order valence-electron chi connectivity index (χ0n) is 12.5. The van der Waals surface area contributed by atoms with Gasteiger partial charge in [-0.25, -0.2) is 4.98 Å². The summed E-state index contributed by atoms with van der Waals surface area (Å²) in [5, 5.41) is 2.93. The molecule has 0 unspecified atom stereocenters. The fraction of sp³-hybridized carbons (Fsp3) is 0.529. The van der Waals surface area contributed by atoms with E-state index in [1.54, 1.807) is 0 Å². The normalized spacial score (nSPS) is 21.4. The zero-order chi connectivity index (χ0) is 14.9. The van der Waals surface area contributed by atoms with Crippen LogP contribution in [-0.4, -0.2) is 23.6 Å². The summed E-state index contributed by atoms with van der Waals surface area (Å²) in [6.07, 6.45) is 6.05. The molecule has 0 bridgehead atoms. The van der Waals surface area contributed by atoms with Gasteiger partial charge in [-0.3, -0.25) is 4.79 Å². The van der Waals surface area contributed by atoms with E-state index in [0.29, 0.717) is 12.3 Å². The lowest BCUT2D eigenvalue weighted by atomic mass is 10.1. The van der Waals surface area contributed by atoms with Gasteiger partial charge in [-0.1, -0.05) is 0 Å². The average Bonchev–Trinajstić information content (AvgIpc) is 3.08. The Morgan fingerprint density at radius 1 is 1.32 bits per heavy atom. The van der Waals surface area contributed by atoms with Crippen LogP contribution >= 0.6 is 0 Å². The van der Waals surface area contributed by atoms with Crippen LogP contribution in [0.5, 0.6) is 0 Å². The van der Waals surface area contributed by atoms with Gasteiger partial charge in [0.2, 0.25) is 5.91 Å². The Hall–Kier alpha value is -1.88. The molecule has 1 aromatic carbocycles. The summed E-state index contributed by atoms with van der Waals surface area (Å²) >= 11 is 0. The first-order valence-electron chi connectivity index (χ1n) is 8.10. The highest BCUT2D eigenvalue weighted by Gasteiger charge is 2.28. The molecule has 22 heavy (non-hydrogen) atoms. The van der Waals surface area contributed by atoms with Crippen molar-refractivity contribution in [3.8, 4) is 0 Å². The number of aromatic nitrogens is 1. The van der Waals surface area contributed by atoms with E-state index in [9.17, 15) is 4.79 Å². The Kier molecular flexibility index (Phi) is 3.58. The third-order valence-electron chi connectivity index (χ3n) is 4.33. The quantitative estimate of drug-likeness (QED) is 0.916. The lowest BCUT2D eigenvalue weighted by molar-refractivity contribution is -0.116. The van der Waals surface area contributed by atoms with E-state index in [0.717, 1.165) is 48.5 Å². The number of oxazole rings is 1. The lowest BCUT2D eigenvalue weighted by Gasteiger charge is -2.09. The van der Waals surface area contributed by atoms with Crippen molar-refractivity contribution in [2.75, 3.05) is 11.9 Å². The third-order valence-corrected chi connectivity index (χ3v) is 4.33. The molecule has 1 N–H and O–H groups in total. The van der Waals surface area contributed by atoms with Crippen molar-refractivity contribution in [2.24, 2.45) is 0 Å². The smallest absolute Gasteiger partial charge is 0.224 e. The highest BCUT2D eigenvalue weighted by Crippen LogP contribution is 2.40. The van der Waals surface area contributed by atoms with Crippen molar-refractivity contribution in [2.45, 2.75) is 50.5 Å². The van der Waals surface area contributed by atoms with Crippen LogP contribution in [0.4, 0.5) is 5.69 Å². The number of nitrogens with zero attached hydrogens (tertiary/aromatic N) is 1. The minimum Gasteiger partial charge on any atom is -0.440 e. The van der Waals surface area contributed by atoms with Crippen molar-refractivity contribution in [3.05, 3.63) is 24.1 Å². The number of benzene rings is 1. The van der Waals surface area contributed by atoms with E-state index in [2.05, 4.69) is 10.3 Å². The highest BCUT2D eigenvalue weighted by atomic mass is 16.5. The van der Waals surface area contributed by atoms with Gasteiger partial charge in [0.25, 0.3) is 0 Å². The second-order valence-electron chi connectivity index (χ2n) is 6.23. The molecule has 2 aromatic rings. The van der Waals surface area contributed by atoms with Gasteiger partial charge in [-0.2, -0.15) is 0 Å². The minimum absolute atomic E-state index is 0.0248. The van der Waals surface area contributed by atoms with E-state index < -0.39 is 0 Å². The van der Waals surface area contributed by atoms with Gasteiger partial charge in [0, 0.05) is 30.7 Å². The summed E-state index contributed by atoms with van der Waals surface area (Å²) < 4.78 is 11.3. The maximum Gasteiger partial charge on any atom is 0.224 e. The number of carbonyl (C=O) groups excluding carboxylic acids is 1. The molecule has 1 aromatic heterocycles. The topological polar surface area (TPSA) is 64.4 Å². The lowest BCUT2D eigenvalue weighted by Crippen LogP contribution is -2.15. The first-order chi connectivity index (χ1) is 10.8. The molecule has 1 aliphatic carbocycles. The van der Waals surface area contributed by atoms with Gasteiger partial charge < -0.3 is 14.5 Å². The van der Waals surface area contributed by atoms with Crippen molar-refractivity contribution in [1.82, 2.24) is 4.98 Å². The molecule has 1 atom stereocenters. The Balaban J connectivity index is 1.38. The van der Waals surface area contributed by atoms with Crippen molar-refractivity contribution < 1.29 is 13.9 Å². The molecule has 1 saturated carbocycles. The molecule has 2 aliphatic rings. The van der Waals surface area contributed by atoms with E-state index in [1.807, 2.05) is 18.2 Å². The Morgan fingerprint density at radius 3 is 3.00 bits per heavy atom. The van der Waals surface area contributed by atoms with Gasteiger partial charge in [-0.05, 0) is 44.2 Å². The number of rotatable bonds is 5. The summed E-state index contributed by atoms with van der Waals surface area (Å²) in [6.45, 7) is 0.831. The van der Waals surface area contributed by atoms with Gasteiger partial charge in [0.05, 0.1) is 6.10 Å². The SMILES string of the molecule is O=C(CC[C@H]1CCCO1)Nc1ccc2nc(C3CC3)oc2c1. The van der Waals surface area contributed by atoms with Gasteiger partial charge in [0.15, 0.2) is 11.5 Å². The molecule has 116 valence electrons. The van der Waals surface area contributed by atoms with E-state index in [4.69, 9.17) is 9.15 Å². The molecule has 1 aliphatic heterocycles. The van der Waals surface area contributed by atoms with Crippen LogP contribution in [0.25, 0.3) is 11.1 Å². The monoisotopic (exact) mass is 300 g/mol. The molecular formula is C17H20N2O3. The predicted octanol–water partition coefficient (Wildman–Crippen LogP) is 3.60. The predicted molar refractivity (Wildman–Crippen MR) is 82.8 cm³/mol. The molecule has 5 nitrogen and oxygen atoms in total. The summed E-state index contributed by atoms with van der Waals surface area (Å²) in [7, 11) is 0. The summed E-state index contributed by atoms with van der Waals surface area (Å²) in [5.74, 6) is 1.35.